The fourth-order valence-electron chi connectivity index (χ4n) is 1.92. The van der Waals surface area contributed by atoms with Gasteiger partial charge in [0.2, 0.25) is 0 Å². The first-order valence-electron chi connectivity index (χ1n) is 4.98. The Kier molecular flexibility index (Phi) is 2.65. The summed E-state index contributed by atoms with van der Waals surface area (Å²) in [6, 6.07) is 0.0974. The van der Waals surface area contributed by atoms with Gasteiger partial charge in [0.15, 0.2) is 0 Å². The third-order valence-corrected chi connectivity index (χ3v) is 3.77. The number of aromatic nitrogens is 1. The lowest BCUT2D eigenvalue weighted by atomic mass is 10.1. The maximum absolute atomic E-state index is 5.77. The van der Waals surface area contributed by atoms with E-state index in [-0.39, 0.29) is 6.04 Å². The molecule has 1 aromatic heterocycles. The Hall–Kier alpha value is -0.410. The highest BCUT2D eigenvalue weighted by Gasteiger charge is 2.20. The average Bonchev–Trinajstić information content (AvgIpc) is 2.75. The Bertz CT molecular complexity index is 274. The standard InChI is InChI=1S/C10H16N2S/c1-7(11)10-12-9(6-13-10)8-4-2-3-5-8/h6-8H,2-5,11H2,1H3. The SMILES string of the molecule is CC(N)c1nc(C2CCCC2)cs1. The van der Waals surface area contributed by atoms with E-state index in [2.05, 4.69) is 10.4 Å². The van der Waals surface area contributed by atoms with Crippen molar-refractivity contribution in [1.82, 2.24) is 4.98 Å². The highest BCUT2D eigenvalue weighted by Crippen LogP contribution is 2.34. The van der Waals surface area contributed by atoms with Crippen molar-refractivity contribution in [1.29, 1.82) is 0 Å². The molecule has 0 spiro atoms. The topological polar surface area (TPSA) is 38.9 Å². The molecule has 13 heavy (non-hydrogen) atoms. The first-order chi connectivity index (χ1) is 6.27. The van der Waals surface area contributed by atoms with E-state index in [0.717, 1.165) is 10.9 Å². The summed E-state index contributed by atoms with van der Waals surface area (Å²) in [5.41, 5.74) is 7.06. The zero-order chi connectivity index (χ0) is 9.26. The number of nitrogens with two attached hydrogens (primary N) is 1. The number of hydrogen-bond donors (Lipinski definition) is 1. The van der Waals surface area contributed by atoms with E-state index in [4.69, 9.17) is 5.73 Å². The molecule has 1 aromatic rings. The third kappa shape index (κ3) is 1.92. The summed E-state index contributed by atoms with van der Waals surface area (Å²) in [6.45, 7) is 2.00. The quantitative estimate of drug-likeness (QED) is 0.790. The van der Waals surface area contributed by atoms with Crippen LogP contribution in [0.1, 0.15) is 55.3 Å². The summed E-state index contributed by atoms with van der Waals surface area (Å²) in [5, 5.41) is 3.27. The molecule has 72 valence electrons. The summed E-state index contributed by atoms with van der Waals surface area (Å²) in [6.07, 6.45) is 5.38. The number of nitrogens with zero attached hydrogens (tertiary/aromatic N) is 1. The molecule has 1 fully saturated rings. The molecular weight excluding hydrogens is 180 g/mol. The first-order valence-corrected chi connectivity index (χ1v) is 5.86. The molecule has 1 saturated carbocycles. The second-order valence-corrected chi connectivity index (χ2v) is 4.77. The lowest BCUT2D eigenvalue weighted by Gasteiger charge is -2.03. The molecule has 0 amide bonds. The van der Waals surface area contributed by atoms with E-state index in [9.17, 15) is 0 Å². The fraction of sp³-hybridized carbons (Fsp3) is 0.700. The van der Waals surface area contributed by atoms with Crippen LogP contribution in [-0.4, -0.2) is 4.98 Å². The van der Waals surface area contributed by atoms with Gasteiger partial charge in [-0.05, 0) is 19.8 Å². The molecule has 3 heteroatoms. The van der Waals surface area contributed by atoms with Gasteiger partial charge in [0.25, 0.3) is 0 Å². The van der Waals surface area contributed by atoms with Crippen molar-refractivity contribution >= 4 is 11.3 Å². The summed E-state index contributed by atoms with van der Waals surface area (Å²) < 4.78 is 0. The normalized spacial score (nSPS) is 20.8. The monoisotopic (exact) mass is 196 g/mol. The molecule has 1 aliphatic rings. The van der Waals surface area contributed by atoms with Gasteiger partial charge < -0.3 is 5.73 Å². The zero-order valence-corrected chi connectivity index (χ0v) is 8.81. The van der Waals surface area contributed by atoms with Gasteiger partial charge in [0.05, 0.1) is 11.7 Å². The van der Waals surface area contributed by atoms with Gasteiger partial charge in [0, 0.05) is 11.3 Å². The Morgan fingerprint density at radius 2 is 2.23 bits per heavy atom. The molecular formula is C10H16N2S. The molecule has 1 atom stereocenters. The van der Waals surface area contributed by atoms with Gasteiger partial charge in [-0.3, -0.25) is 0 Å². The van der Waals surface area contributed by atoms with Crippen LogP contribution in [-0.2, 0) is 0 Å². The minimum atomic E-state index is 0.0974. The Labute approximate surface area is 83.2 Å². The highest BCUT2D eigenvalue weighted by molar-refractivity contribution is 7.09. The van der Waals surface area contributed by atoms with E-state index >= 15 is 0 Å². The van der Waals surface area contributed by atoms with Crippen molar-refractivity contribution in [3.05, 3.63) is 16.1 Å². The molecule has 2 rings (SSSR count). The Morgan fingerprint density at radius 1 is 1.54 bits per heavy atom. The molecule has 0 aromatic carbocycles. The second kappa shape index (κ2) is 3.76. The molecule has 2 nitrogen and oxygen atoms in total. The minimum Gasteiger partial charge on any atom is -0.322 e. The van der Waals surface area contributed by atoms with Gasteiger partial charge >= 0.3 is 0 Å². The highest BCUT2D eigenvalue weighted by atomic mass is 32.1. The predicted molar refractivity (Wildman–Crippen MR) is 55.9 cm³/mol. The minimum absolute atomic E-state index is 0.0974. The van der Waals surface area contributed by atoms with Crippen LogP contribution in [0.3, 0.4) is 0 Å². The van der Waals surface area contributed by atoms with Gasteiger partial charge in [0.1, 0.15) is 5.01 Å². The van der Waals surface area contributed by atoms with Gasteiger partial charge in [-0.15, -0.1) is 11.3 Å². The van der Waals surface area contributed by atoms with Gasteiger partial charge in [-0.25, -0.2) is 4.98 Å². The van der Waals surface area contributed by atoms with Crippen LogP contribution >= 0.6 is 11.3 Å². The maximum Gasteiger partial charge on any atom is 0.109 e. The van der Waals surface area contributed by atoms with E-state index < -0.39 is 0 Å². The van der Waals surface area contributed by atoms with Crippen LogP contribution in [0.4, 0.5) is 0 Å². The largest absolute Gasteiger partial charge is 0.322 e. The molecule has 0 bridgehead atoms. The van der Waals surface area contributed by atoms with Crippen LogP contribution < -0.4 is 5.73 Å². The van der Waals surface area contributed by atoms with E-state index in [0.29, 0.717) is 0 Å². The van der Waals surface area contributed by atoms with Crippen LogP contribution in [0, 0.1) is 0 Å². The lowest BCUT2D eigenvalue weighted by Crippen LogP contribution is -2.04. The van der Waals surface area contributed by atoms with Crippen molar-refractivity contribution in [2.45, 2.75) is 44.6 Å². The van der Waals surface area contributed by atoms with Crippen molar-refractivity contribution in [2.24, 2.45) is 5.73 Å². The number of hydrogen-bond acceptors (Lipinski definition) is 3. The van der Waals surface area contributed by atoms with Crippen LogP contribution in [0.5, 0.6) is 0 Å². The van der Waals surface area contributed by atoms with E-state index in [1.807, 2.05) is 6.92 Å². The third-order valence-electron chi connectivity index (χ3n) is 2.70. The number of thiazole rings is 1. The molecule has 1 aliphatic carbocycles. The summed E-state index contributed by atoms with van der Waals surface area (Å²) in [4.78, 5) is 4.59. The molecule has 0 aliphatic heterocycles. The van der Waals surface area contributed by atoms with Gasteiger partial charge in [-0.1, -0.05) is 12.8 Å². The van der Waals surface area contributed by atoms with Crippen molar-refractivity contribution in [3.63, 3.8) is 0 Å². The molecule has 0 radical (unpaired) electrons. The average molecular weight is 196 g/mol. The first kappa shape index (κ1) is 9.16. The van der Waals surface area contributed by atoms with Crippen molar-refractivity contribution in [2.75, 3.05) is 0 Å². The van der Waals surface area contributed by atoms with Crippen LogP contribution in [0.25, 0.3) is 0 Å². The van der Waals surface area contributed by atoms with E-state index in [1.54, 1.807) is 11.3 Å². The van der Waals surface area contributed by atoms with Gasteiger partial charge in [-0.2, -0.15) is 0 Å². The Morgan fingerprint density at radius 3 is 2.77 bits per heavy atom. The van der Waals surface area contributed by atoms with Crippen LogP contribution in [0.15, 0.2) is 5.38 Å². The second-order valence-electron chi connectivity index (χ2n) is 3.88. The summed E-state index contributed by atoms with van der Waals surface area (Å²) >= 11 is 1.71. The molecule has 0 saturated heterocycles. The molecule has 2 N–H and O–H groups in total. The smallest absolute Gasteiger partial charge is 0.109 e. The lowest BCUT2D eigenvalue weighted by molar-refractivity contribution is 0.691. The molecule has 1 heterocycles. The molecule has 1 unspecified atom stereocenters. The van der Waals surface area contributed by atoms with Crippen LogP contribution in [0.2, 0.25) is 0 Å². The summed E-state index contributed by atoms with van der Waals surface area (Å²) in [5.74, 6) is 0.726. The van der Waals surface area contributed by atoms with Crippen molar-refractivity contribution in [3.8, 4) is 0 Å². The van der Waals surface area contributed by atoms with Crippen molar-refractivity contribution < 1.29 is 0 Å². The summed E-state index contributed by atoms with van der Waals surface area (Å²) in [7, 11) is 0. The zero-order valence-electron chi connectivity index (χ0n) is 7.99. The predicted octanol–water partition coefficient (Wildman–Crippen LogP) is 2.82. The maximum atomic E-state index is 5.77. The fourth-order valence-corrected chi connectivity index (χ4v) is 2.78. The van der Waals surface area contributed by atoms with E-state index in [1.165, 1.54) is 31.4 Å². The Balaban J connectivity index is 2.12. The number of rotatable bonds is 2.